The first-order valence-electron chi connectivity index (χ1n) is 7.42. The molecule has 0 spiro atoms. The molecule has 1 aliphatic heterocycles. The molecule has 0 unspecified atom stereocenters. The minimum atomic E-state index is -0.151. The molecule has 1 aliphatic rings. The standard InChI is InChI=1S/C18H17N3O2/c1-3-23-16-11-7-4-8-13(16)12-19-20-17-14-9-5-6-10-15(14)21(2)18(17)22/h4-12H,3H2,1-2H3/b19-12-,20-17-. The highest BCUT2D eigenvalue weighted by molar-refractivity contribution is 6.54. The monoisotopic (exact) mass is 307 g/mol. The van der Waals surface area contributed by atoms with Gasteiger partial charge in [-0.25, -0.2) is 0 Å². The maximum atomic E-state index is 12.3. The van der Waals surface area contributed by atoms with E-state index in [-0.39, 0.29) is 5.91 Å². The number of rotatable bonds is 4. The Labute approximate surface area is 134 Å². The van der Waals surface area contributed by atoms with Gasteiger partial charge in [0, 0.05) is 18.2 Å². The molecule has 0 atom stereocenters. The Balaban J connectivity index is 1.90. The lowest BCUT2D eigenvalue weighted by atomic mass is 10.1. The van der Waals surface area contributed by atoms with E-state index in [1.807, 2.05) is 55.5 Å². The van der Waals surface area contributed by atoms with E-state index >= 15 is 0 Å². The second kappa shape index (κ2) is 6.44. The van der Waals surface area contributed by atoms with Crippen LogP contribution < -0.4 is 9.64 Å². The molecule has 0 saturated heterocycles. The van der Waals surface area contributed by atoms with Crippen LogP contribution >= 0.6 is 0 Å². The normalized spacial score (nSPS) is 15.5. The number of benzene rings is 2. The third-order valence-corrected chi connectivity index (χ3v) is 3.60. The number of nitrogens with zero attached hydrogens (tertiary/aromatic N) is 3. The fraction of sp³-hybridized carbons (Fsp3) is 0.167. The van der Waals surface area contributed by atoms with E-state index in [1.54, 1.807) is 18.2 Å². The molecule has 0 N–H and O–H groups in total. The van der Waals surface area contributed by atoms with Crippen molar-refractivity contribution in [2.75, 3.05) is 18.6 Å². The van der Waals surface area contributed by atoms with Gasteiger partial charge in [-0.05, 0) is 25.1 Å². The molecular formula is C18H17N3O2. The molecule has 0 fully saturated rings. The number of hydrogen-bond acceptors (Lipinski definition) is 4. The van der Waals surface area contributed by atoms with Crippen LogP contribution in [-0.4, -0.2) is 31.5 Å². The number of carbonyl (C=O) groups is 1. The fourth-order valence-corrected chi connectivity index (χ4v) is 2.47. The van der Waals surface area contributed by atoms with Gasteiger partial charge in [0.2, 0.25) is 0 Å². The second-order valence-electron chi connectivity index (χ2n) is 5.05. The fourth-order valence-electron chi connectivity index (χ4n) is 2.47. The maximum absolute atomic E-state index is 12.3. The number of fused-ring (bicyclic) bond motifs is 1. The third kappa shape index (κ3) is 2.85. The van der Waals surface area contributed by atoms with Crippen LogP contribution in [0.1, 0.15) is 18.1 Å². The highest BCUT2D eigenvalue weighted by Gasteiger charge is 2.30. The van der Waals surface area contributed by atoms with Gasteiger partial charge in [0.15, 0.2) is 5.71 Å². The van der Waals surface area contributed by atoms with Gasteiger partial charge in [-0.3, -0.25) is 4.79 Å². The summed E-state index contributed by atoms with van der Waals surface area (Å²) in [7, 11) is 1.73. The number of hydrogen-bond donors (Lipinski definition) is 0. The molecule has 0 aromatic heterocycles. The van der Waals surface area contributed by atoms with Crippen molar-refractivity contribution in [2.45, 2.75) is 6.92 Å². The van der Waals surface area contributed by atoms with Crippen molar-refractivity contribution in [1.29, 1.82) is 0 Å². The summed E-state index contributed by atoms with van der Waals surface area (Å²) in [6, 6.07) is 15.1. The summed E-state index contributed by atoms with van der Waals surface area (Å²) in [4.78, 5) is 13.9. The van der Waals surface area contributed by atoms with Gasteiger partial charge in [-0.2, -0.15) is 5.10 Å². The van der Waals surface area contributed by atoms with Crippen LogP contribution in [-0.2, 0) is 4.79 Å². The van der Waals surface area contributed by atoms with Crippen molar-refractivity contribution >= 4 is 23.5 Å². The average Bonchev–Trinajstić information content (AvgIpc) is 2.82. The van der Waals surface area contributed by atoms with Crippen LogP contribution in [0.5, 0.6) is 5.75 Å². The number of amides is 1. The summed E-state index contributed by atoms with van der Waals surface area (Å²) in [5.41, 5.74) is 2.83. The van der Waals surface area contributed by atoms with Crippen molar-refractivity contribution in [2.24, 2.45) is 10.2 Å². The number of anilines is 1. The number of para-hydroxylation sites is 2. The molecule has 2 aromatic rings. The Morgan fingerprint density at radius 1 is 1.13 bits per heavy atom. The summed E-state index contributed by atoms with van der Waals surface area (Å²) in [6.45, 7) is 2.51. The number of ether oxygens (including phenoxy) is 1. The van der Waals surface area contributed by atoms with Crippen LogP contribution in [0.2, 0.25) is 0 Å². The molecule has 1 amide bonds. The molecule has 2 aromatic carbocycles. The van der Waals surface area contributed by atoms with Crippen LogP contribution in [0, 0.1) is 0 Å². The third-order valence-electron chi connectivity index (χ3n) is 3.60. The first-order valence-corrected chi connectivity index (χ1v) is 7.42. The zero-order valence-electron chi connectivity index (χ0n) is 13.1. The van der Waals surface area contributed by atoms with Gasteiger partial charge in [-0.1, -0.05) is 30.3 Å². The molecule has 1 heterocycles. The number of carbonyl (C=O) groups excluding carboxylic acids is 1. The second-order valence-corrected chi connectivity index (χ2v) is 5.05. The van der Waals surface area contributed by atoms with Gasteiger partial charge in [-0.15, -0.1) is 5.10 Å². The van der Waals surface area contributed by atoms with E-state index in [9.17, 15) is 4.79 Å². The highest BCUT2D eigenvalue weighted by atomic mass is 16.5. The van der Waals surface area contributed by atoms with Crippen molar-refractivity contribution in [1.82, 2.24) is 0 Å². The Morgan fingerprint density at radius 2 is 1.87 bits per heavy atom. The van der Waals surface area contributed by atoms with E-state index in [0.29, 0.717) is 12.3 Å². The van der Waals surface area contributed by atoms with E-state index in [1.165, 1.54) is 0 Å². The predicted molar refractivity (Wildman–Crippen MR) is 91.6 cm³/mol. The molecule has 5 heteroatoms. The van der Waals surface area contributed by atoms with E-state index < -0.39 is 0 Å². The lowest BCUT2D eigenvalue weighted by Crippen LogP contribution is -2.25. The van der Waals surface area contributed by atoms with Crippen molar-refractivity contribution in [3.8, 4) is 5.75 Å². The highest BCUT2D eigenvalue weighted by Crippen LogP contribution is 2.27. The predicted octanol–water partition coefficient (Wildman–Crippen LogP) is 2.88. The van der Waals surface area contributed by atoms with Gasteiger partial charge in [0.05, 0.1) is 18.5 Å². The Hall–Kier alpha value is -2.95. The largest absolute Gasteiger partial charge is 0.493 e. The van der Waals surface area contributed by atoms with Gasteiger partial charge >= 0.3 is 0 Å². The molecule has 0 saturated carbocycles. The number of likely N-dealkylation sites (N-methyl/N-ethyl adjacent to an activating group) is 1. The van der Waals surface area contributed by atoms with E-state index in [0.717, 1.165) is 22.6 Å². The van der Waals surface area contributed by atoms with Crippen LogP contribution in [0.15, 0.2) is 58.7 Å². The topological polar surface area (TPSA) is 54.3 Å². The molecule has 23 heavy (non-hydrogen) atoms. The maximum Gasteiger partial charge on any atom is 0.279 e. The molecule has 0 radical (unpaired) electrons. The van der Waals surface area contributed by atoms with Crippen LogP contribution in [0.3, 0.4) is 0 Å². The summed E-state index contributed by atoms with van der Waals surface area (Å²) in [6.07, 6.45) is 1.60. The summed E-state index contributed by atoms with van der Waals surface area (Å²) >= 11 is 0. The minimum Gasteiger partial charge on any atom is -0.493 e. The smallest absolute Gasteiger partial charge is 0.279 e. The zero-order chi connectivity index (χ0) is 16.2. The van der Waals surface area contributed by atoms with E-state index in [2.05, 4.69) is 10.2 Å². The lowest BCUT2D eigenvalue weighted by Gasteiger charge is -2.07. The van der Waals surface area contributed by atoms with Crippen LogP contribution in [0.25, 0.3) is 0 Å². The Bertz CT molecular complexity index is 796. The lowest BCUT2D eigenvalue weighted by molar-refractivity contribution is -0.111. The zero-order valence-corrected chi connectivity index (χ0v) is 13.1. The summed E-state index contributed by atoms with van der Waals surface area (Å²) < 4.78 is 5.54. The van der Waals surface area contributed by atoms with Crippen LogP contribution in [0.4, 0.5) is 5.69 Å². The van der Waals surface area contributed by atoms with Crippen molar-refractivity contribution in [3.63, 3.8) is 0 Å². The first kappa shape index (κ1) is 15.0. The molecule has 0 aliphatic carbocycles. The average molecular weight is 307 g/mol. The Morgan fingerprint density at radius 3 is 2.70 bits per heavy atom. The minimum absolute atomic E-state index is 0.151. The van der Waals surface area contributed by atoms with Crippen molar-refractivity contribution in [3.05, 3.63) is 59.7 Å². The van der Waals surface area contributed by atoms with Crippen molar-refractivity contribution < 1.29 is 9.53 Å². The quantitative estimate of drug-likeness (QED) is 0.644. The van der Waals surface area contributed by atoms with Gasteiger partial charge in [0.25, 0.3) is 5.91 Å². The van der Waals surface area contributed by atoms with Gasteiger partial charge < -0.3 is 9.64 Å². The summed E-state index contributed by atoms with van der Waals surface area (Å²) in [5.74, 6) is 0.593. The summed E-state index contributed by atoms with van der Waals surface area (Å²) in [5, 5.41) is 8.22. The molecule has 3 rings (SSSR count). The molecule has 5 nitrogen and oxygen atoms in total. The van der Waals surface area contributed by atoms with Gasteiger partial charge in [0.1, 0.15) is 5.75 Å². The molecule has 116 valence electrons. The Kier molecular flexibility index (Phi) is 4.19. The SMILES string of the molecule is CCOc1ccccc1/C=N\N=C1/C(=O)N(C)c2ccccc21. The molecule has 0 bridgehead atoms. The first-order chi connectivity index (χ1) is 11.2. The molecular weight excluding hydrogens is 290 g/mol. The van der Waals surface area contributed by atoms with E-state index in [4.69, 9.17) is 4.74 Å².